The summed E-state index contributed by atoms with van der Waals surface area (Å²) >= 11 is 0. The second-order valence-electron chi connectivity index (χ2n) is 4.49. The molecule has 3 rings (SSSR count). The van der Waals surface area contributed by atoms with Crippen LogP contribution in [0.4, 0.5) is 0 Å². The fraction of sp³-hybridized carbons (Fsp3) is 0.818. The van der Waals surface area contributed by atoms with E-state index in [1.807, 2.05) is 0 Å². The average molecular weight is 223 g/mol. The first kappa shape index (κ1) is 10.2. The van der Waals surface area contributed by atoms with Gasteiger partial charge in [0.2, 0.25) is 11.7 Å². The standard InChI is InChI=1S/C11H17N3O2/c1-2-6-12-8(4-1)11-13-10(14-16-11)9-5-3-7-15-9/h8-9,12H,1-7H2/t8-,9?/m1/s1. The maximum atomic E-state index is 5.53. The number of piperidine rings is 1. The van der Waals surface area contributed by atoms with E-state index in [4.69, 9.17) is 9.26 Å². The van der Waals surface area contributed by atoms with Crippen LogP contribution in [0, 0.1) is 0 Å². The molecule has 16 heavy (non-hydrogen) atoms. The highest BCUT2D eigenvalue weighted by Gasteiger charge is 2.26. The second-order valence-corrected chi connectivity index (χ2v) is 4.49. The largest absolute Gasteiger partial charge is 0.370 e. The van der Waals surface area contributed by atoms with E-state index < -0.39 is 0 Å². The van der Waals surface area contributed by atoms with Crippen molar-refractivity contribution in [1.29, 1.82) is 0 Å². The molecule has 2 aliphatic rings. The molecule has 2 fully saturated rings. The van der Waals surface area contributed by atoms with Gasteiger partial charge in [0.1, 0.15) is 6.10 Å². The molecule has 0 spiro atoms. The lowest BCUT2D eigenvalue weighted by Gasteiger charge is -2.19. The van der Waals surface area contributed by atoms with Crippen molar-refractivity contribution in [2.24, 2.45) is 0 Å². The van der Waals surface area contributed by atoms with Gasteiger partial charge in [-0.05, 0) is 32.2 Å². The lowest BCUT2D eigenvalue weighted by Crippen LogP contribution is -2.27. The molecule has 0 bridgehead atoms. The molecule has 5 heteroatoms. The molecule has 1 aromatic rings. The van der Waals surface area contributed by atoms with E-state index in [1.54, 1.807) is 0 Å². The van der Waals surface area contributed by atoms with Crippen LogP contribution in [-0.4, -0.2) is 23.3 Å². The van der Waals surface area contributed by atoms with Gasteiger partial charge >= 0.3 is 0 Å². The third-order valence-electron chi connectivity index (χ3n) is 3.28. The molecule has 0 radical (unpaired) electrons. The summed E-state index contributed by atoms with van der Waals surface area (Å²) in [7, 11) is 0. The Balaban J connectivity index is 1.71. The fourth-order valence-corrected chi connectivity index (χ4v) is 2.36. The van der Waals surface area contributed by atoms with Crippen molar-refractivity contribution >= 4 is 0 Å². The van der Waals surface area contributed by atoms with Crippen LogP contribution in [0.2, 0.25) is 0 Å². The fourth-order valence-electron chi connectivity index (χ4n) is 2.36. The van der Waals surface area contributed by atoms with E-state index in [9.17, 15) is 0 Å². The zero-order valence-corrected chi connectivity index (χ0v) is 9.32. The molecule has 1 aromatic heterocycles. The van der Waals surface area contributed by atoms with Crippen molar-refractivity contribution in [1.82, 2.24) is 15.5 Å². The quantitative estimate of drug-likeness (QED) is 0.827. The summed E-state index contributed by atoms with van der Waals surface area (Å²) in [5.41, 5.74) is 0. The SMILES string of the molecule is C1CC[C@H](c2nc(C3CCCO3)no2)NC1. The van der Waals surface area contributed by atoms with Crippen LogP contribution < -0.4 is 5.32 Å². The van der Waals surface area contributed by atoms with E-state index in [-0.39, 0.29) is 12.1 Å². The molecule has 1 N–H and O–H groups in total. The van der Waals surface area contributed by atoms with Gasteiger partial charge in [-0.1, -0.05) is 11.6 Å². The Labute approximate surface area is 94.6 Å². The topological polar surface area (TPSA) is 60.2 Å². The van der Waals surface area contributed by atoms with Crippen LogP contribution in [-0.2, 0) is 4.74 Å². The summed E-state index contributed by atoms with van der Waals surface area (Å²) in [5, 5.41) is 7.42. The molecule has 2 atom stereocenters. The van der Waals surface area contributed by atoms with Crippen molar-refractivity contribution in [2.75, 3.05) is 13.2 Å². The van der Waals surface area contributed by atoms with Crippen LogP contribution >= 0.6 is 0 Å². The maximum absolute atomic E-state index is 5.53. The minimum atomic E-state index is 0.0566. The lowest BCUT2D eigenvalue weighted by atomic mass is 10.1. The Bertz CT molecular complexity index is 341. The molecular formula is C11H17N3O2. The van der Waals surface area contributed by atoms with Gasteiger partial charge in [0.15, 0.2) is 0 Å². The number of hydrogen-bond donors (Lipinski definition) is 1. The molecule has 1 unspecified atom stereocenters. The molecule has 2 saturated heterocycles. The van der Waals surface area contributed by atoms with Crippen LogP contribution in [0.1, 0.15) is 56.0 Å². The van der Waals surface area contributed by atoms with Crippen LogP contribution in [0.3, 0.4) is 0 Å². The smallest absolute Gasteiger partial charge is 0.243 e. The molecular weight excluding hydrogens is 206 g/mol. The number of nitrogens with zero attached hydrogens (tertiary/aromatic N) is 2. The van der Waals surface area contributed by atoms with Crippen LogP contribution in [0.5, 0.6) is 0 Å². The van der Waals surface area contributed by atoms with Gasteiger partial charge in [0.25, 0.3) is 0 Å². The van der Waals surface area contributed by atoms with E-state index in [0.717, 1.165) is 44.1 Å². The minimum Gasteiger partial charge on any atom is -0.370 e. The van der Waals surface area contributed by atoms with Gasteiger partial charge in [0, 0.05) is 6.61 Å². The molecule has 88 valence electrons. The van der Waals surface area contributed by atoms with Crippen LogP contribution in [0.25, 0.3) is 0 Å². The van der Waals surface area contributed by atoms with Gasteiger partial charge in [-0.25, -0.2) is 0 Å². The average Bonchev–Trinajstić information content (AvgIpc) is 3.01. The van der Waals surface area contributed by atoms with Gasteiger partial charge < -0.3 is 14.6 Å². The first-order valence-corrected chi connectivity index (χ1v) is 6.12. The van der Waals surface area contributed by atoms with Crippen molar-refractivity contribution in [3.63, 3.8) is 0 Å². The Hall–Kier alpha value is -0.940. The molecule has 3 heterocycles. The summed E-state index contributed by atoms with van der Waals surface area (Å²) in [6, 6.07) is 0.247. The van der Waals surface area contributed by atoms with Crippen LogP contribution in [0.15, 0.2) is 4.52 Å². The number of ether oxygens (including phenoxy) is 1. The predicted molar refractivity (Wildman–Crippen MR) is 56.8 cm³/mol. The molecule has 0 saturated carbocycles. The zero-order valence-electron chi connectivity index (χ0n) is 9.32. The molecule has 0 amide bonds. The molecule has 5 nitrogen and oxygen atoms in total. The third kappa shape index (κ3) is 1.97. The Kier molecular flexibility index (Phi) is 2.88. The summed E-state index contributed by atoms with van der Waals surface area (Å²) in [6.07, 6.45) is 5.72. The molecule has 2 aliphatic heterocycles. The Morgan fingerprint density at radius 2 is 2.19 bits per heavy atom. The molecule has 0 aliphatic carbocycles. The highest BCUT2D eigenvalue weighted by atomic mass is 16.5. The highest BCUT2D eigenvalue weighted by Crippen LogP contribution is 2.28. The minimum absolute atomic E-state index is 0.0566. The van der Waals surface area contributed by atoms with Crippen molar-refractivity contribution < 1.29 is 9.26 Å². The van der Waals surface area contributed by atoms with Crippen molar-refractivity contribution in [3.8, 4) is 0 Å². The first-order valence-electron chi connectivity index (χ1n) is 6.12. The lowest BCUT2D eigenvalue weighted by molar-refractivity contribution is 0.103. The van der Waals surface area contributed by atoms with Gasteiger partial charge in [-0.3, -0.25) is 0 Å². The summed E-state index contributed by atoms with van der Waals surface area (Å²) in [4.78, 5) is 4.45. The first-order chi connectivity index (χ1) is 7.93. The Morgan fingerprint density at radius 1 is 1.19 bits per heavy atom. The van der Waals surface area contributed by atoms with Crippen molar-refractivity contribution in [2.45, 2.75) is 44.2 Å². The second kappa shape index (κ2) is 4.51. The third-order valence-corrected chi connectivity index (χ3v) is 3.28. The Morgan fingerprint density at radius 3 is 2.94 bits per heavy atom. The number of hydrogen-bond acceptors (Lipinski definition) is 5. The van der Waals surface area contributed by atoms with Crippen molar-refractivity contribution in [3.05, 3.63) is 11.7 Å². The highest BCUT2D eigenvalue weighted by molar-refractivity contribution is 4.97. The van der Waals surface area contributed by atoms with Gasteiger partial charge in [0.05, 0.1) is 6.04 Å². The monoisotopic (exact) mass is 223 g/mol. The van der Waals surface area contributed by atoms with E-state index in [2.05, 4.69) is 15.5 Å². The predicted octanol–water partition coefficient (Wildman–Crippen LogP) is 1.74. The zero-order chi connectivity index (χ0) is 10.8. The van der Waals surface area contributed by atoms with E-state index >= 15 is 0 Å². The van der Waals surface area contributed by atoms with Gasteiger partial charge in [-0.2, -0.15) is 4.98 Å². The summed E-state index contributed by atoms with van der Waals surface area (Å²) < 4.78 is 10.8. The van der Waals surface area contributed by atoms with E-state index in [1.165, 1.54) is 12.8 Å². The number of rotatable bonds is 2. The number of nitrogens with one attached hydrogen (secondary N) is 1. The summed E-state index contributed by atoms with van der Waals surface area (Å²) in [6.45, 7) is 1.86. The normalized spacial score (nSPS) is 30.8. The van der Waals surface area contributed by atoms with E-state index in [0.29, 0.717) is 0 Å². The number of aromatic nitrogens is 2. The summed E-state index contributed by atoms with van der Waals surface area (Å²) in [5.74, 6) is 1.45. The molecule has 0 aromatic carbocycles. The maximum Gasteiger partial charge on any atom is 0.243 e. The van der Waals surface area contributed by atoms with Gasteiger partial charge in [-0.15, -0.1) is 0 Å².